The van der Waals surface area contributed by atoms with Crippen molar-refractivity contribution < 1.29 is 14.4 Å². The normalized spacial score (nSPS) is 16.7. The maximum atomic E-state index is 11.2. The minimum Gasteiger partial charge on any atom is -0.490 e. The highest BCUT2D eigenvalue weighted by Gasteiger charge is 2.21. The summed E-state index contributed by atoms with van der Waals surface area (Å²) in [6.45, 7) is 4.49. The van der Waals surface area contributed by atoms with E-state index in [1.165, 1.54) is 25.5 Å². The summed E-state index contributed by atoms with van der Waals surface area (Å²) in [7, 11) is 1.39. The molecule has 1 aromatic heterocycles. The summed E-state index contributed by atoms with van der Waals surface area (Å²) in [4.78, 5) is 28.6. The van der Waals surface area contributed by atoms with Crippen molar-refractivity contribution in [2.45, 2.75) is 12.8 Å². The molecule has 1 N–H and O–H groups in total. The highest BCUT2D eigenvalue weighted by molar-refractivity contribution is 5.82. The second-order valence-corrected chi connectivity index (χ2v) is 7.11. The third-order valence-corrected chi connectivity index (χ3v) is 5.07. The number of aromatic nitrogens is 3. The van der Waals surface area contributed by atoms with Crippen molar-refractivity contribution in [3.63, 3.8) is 0 Å². The lowest BCUT2D eigenvalue weighted by Gasteiger charge is -2.27. The molecular weight excluding hydrogens is 404 g/mol. The fraction of sp³-hybridized carbons (Fsp3) is 0.474. The summed E-state index contributed by atoms with van der Waals surface area (Å²) >= 11 is 0. The Morgan fingerprint density at radius 1 is 1.13 bits per heavy atom. The molecular formula is C19H24N8O4. The maximum absolute atomic E-state index is 11.2. The van der Waals surface area contributed by atoms with Crippen LogP contribution in [0.25, 0.3) is 0 Å². The van der Waals surface area contributed by atoms with Gasteiger partial charge in [0.25, 0.3) is 0 Å². The molecule has 0 spiro atoms. The lowest BCUT2D eigenvalue weighted by atomic mass is 10.2. The first-order chi connectivity index (χ1) is 15.1. The molecule has 0 bridgehead atoms. The van der Waals surface area contributed by atoms with Gasteiger partial charge in [0, 0.05) is 37.8 Å². The molecule has 3 heterocycles. The average Bonchev–Trinajstić information content (AvgIpc) is 3.34. The van der Waals surface area contributed by atoms with Crippen molar-refractivity contribution in [3.05, 3.63) is 33.9 Å². The first-order valence-corrected chi connectivity index (χ1v) is 10.1. The lowest BCUT2D eigenvalue weighted by molar-refractivity contribution is -0.385. The number of ether oxygens (including phenoxy) is 2. The molecule has 2 aliphatic rings. The molecule has 0 aliphatic carbocycles. The third kappa shape index (κ3) is 4.97. The quantitative estimate of drug-likeness (QED) is 0.395. The monoisotopic (exact) mass is 428 g/mol. The molecule has 12 nitrogen and oxygen atoms in total. The number of hydrogen-bond donors (Lipinski definition) is 1. The minimum atomic E-state index is -0.494. The Morgan fingerprint density at radius 2 is 1.81 bits per heavy atom. The van der Waals surface area contributed by atoms with Crippen LogP contribution in [0.1, 0.15) is 18.4 Å². The number of methoxy groups -OCH3 is 1. The van der Waals surface area contributed by atoms with Gasteiger partial charge in [-0.25, -0.2) is 5.43 Å². The number of nitrogens with zero attached hydrogens (tertiary/aromatic N) is 7. The first-order valence-electron chi connectivity index (χ1n) is 10.1. The summed E-state index contributed by atoms with van der Waals surface area (Å²) < 4.78 is 10.4. The van der Waals surface area contributed by atoms with E-state index >= 15 is 0 Å². The molecule has 12 heteroatoms. The Bertz CT molecular complexity index is 958. The van der Waals surface area contributed by atoms with Crippen LogP contribution in [0, 0.1) is 10.1 Å². The number of anilines is 3. The predicted octanol–water partition coefficient (Wildman–Crippen LogP) is 1.67. The zero-order chi connectivity index (χ0) is 21.6. The Kier molecular flexibility index (Phi) is 6.36. The van der Waals surface area contributed by atoms with Crippen molar-refractivity contribution in [1.82, 2.24) is 15.0 Å². The molecule has 2 aliphatic heterocycles. The molecule has 0 saturated carbocycles. The summed E-state index contributed by atoms with van der Waals surface area (Å²) in [5.74, 6) is 1.71. The van der Waals surface area contributed by atoms with Gasteiger partial charge in [0.05, 0.1) is 31.5 Å². The number of nitro groups is 1. The van der Waals surface area contributed by atoms with Crippen LogP contribution in [-0.2, 0) is 4.74 Å². The molecule has 2 aromatic rings. The number of morpholine rings is 1. The summed E-state index contributed by atoms with van der Waals surface area (Å²) in [6, 6.07) is 4.61. The van der Waals surface area contributed by atoms with E-state index < -0.39 is 4.92 Å². The average molecular weight is 428 g/mol. The highest BCUT2D eigenvalue weighted by Crippen LogP contribution is 2.27. The Morgan fingerprint density at radius 3 is 2.45 bits per heavy atom. The Hall–Kier alpha value is -3.54. The SMILES string of the molecule is COc1ccc(/C=N\Nc2nc(N3CCCC3)nc(N3CCOCC3)n2)cc1[N+](=O)[O-]. The van der Waals surface area contributed by atoms with Crippen molar-refractivity contribution >= 4 is 29.7 Å². The Balaban J connectivity index is 1.55. The van der Waals surface area contributed by atoms with E-state index in [-0.39, 0.29) is 11.4 Å². The van der Waals surface area contributed by atoms with Gasteiger partial charge in [0.2, 0.25) is 17.8 Å². The maximum Gasteiger partial charge on any atom is 0.311 e. The van der Waals surface area contributed by atoms with E-state index in [4.69, 9.17) is 9.47 Å². The number of rotatable bonds is 7. The molecule has 0 unspecified atom stereocenters. The van der Waals surface area contributed by atoms with Gasteiger partial charge in [0.1, 0.15) is 0 Å². The van der Waals surface area contributed by atoms with Crippen LogP contribution in [0.15, 0.2) is 23.3 Å². The van der Waals surface area contributed by atoms with Crippen LogP contribution in [0.5, 0.6) is 5.75 Å². The number of hydrogen-bond acceptors (Lipinski definition) is 11. The number of hydrazone groups is 1. The summed E-state index contributed by atoms with van der Waals surface area (Å²) in [5, 5.41) is 15.4. The molecule has 2 saturated heterocycles. The molecule has 2 fully saturated rings. The third-order valence-electron chi connectivity index (χ3n) is 5.07. The highest BCUT2D eigenvalue weighted by atomic mass is 16.6. The predicted molar refractivity (Wildman–Crippen MR) is 115 cm³/mol. The van der Waals surface area contributed by atoms with E-state index in [0.29, 0.717) is 49.7 Å². The molecule has 0 radical (unpaired) electrons. The zero-order valence-corrected chi connectivity index (χ0v) is 17.2. The molecule has 0 amide bonds. The van der Waals surface area contributed by atoms with E-state index in [2.05, 4.69) is 35.3 Å². The minimum absolute atomic E-state index is 0.127. The summed E-state index contributed by atoms with van der Waals surface area (Å²) in [6.07, 6.45) is 3.69. The van der Waals surface area contributed by atoms with E-state index in [1.54, 1.807) is 6.07 Å². The van der Waals surface area contributed by atoms with Gasteiger partial charge in [-0.05, 0) is 25.0 Å². The molecule has 164 valence electrons. The molecule has 1 aromatic carbocycles. The molecule has 4 rings (SSSR count). The second kappa shape index (κ2) is 9.51. The topological polar surface area (TPSA) is 131 Å². The second-order valence-electron chi connectivity index (χ2n) is 7.11. The van der Waals surface area contributed by atoms with Crippen LogP contribution in [-0.4, -0.2) is 72.6 Å². The van der Waals surface area contributed by atoms with Gasteiger partial charge >= 0.3 is 5.69 Å². The smallest absolute Gasteiger partial charge is 0.311 e. The van der Waals surface area contributed by atoms with Gasteiger partial charge in [-0.3, -0.25) is 10.1 Å². The van der Waals surface area contributed by atoms with Crippen molar-refractivity contribution in [3.8, 4) is 5.75 Å². The van der Waals surface area contributed by atoms with E-state index in [1.807, 2.05) is 0 Å². The van der Waals surface area contributed by atoms with E-state index in [9.17, 15) is 10.1 Å². The van der Waals surface area contributed by atoms with Crippen LogP contribution >= 0.6 is 0 Å². The van der Waals surface area contributed by atoms with Crippen molar-refractivity contribution in [1.29, 1.82) is 0 Å². The van der Waals surface area contributed by atoms with Crippen molar-refractivity contribution in [2.75, 3.05) is 61.7 Å². The van der Waals surface area contributed by atoms with Gasteiger partial charge < -0.3 is 19.3 Å². The van der Waals surface area contributed by atoms with Crippen LogP contribution in [0.2, 0.25) is 0 Å². The standard InChI is InChI=1S/C19H24N8O4/c1-30-16-5-4-14(12-15(16)27(28)29)13-20-24-17-21-18(25-6-2-3-7-25)23-19(22-17)26-8-10-31-11-9-26/h4-5,12-13H,2-3,6-11H2,1H3,(H,21,22,23,24)/b20-13-. The van der Waals surface area contributed by atoms with Gasteiger partial charge in [-0.15, -0.1) is 0 Å². The Labute approximate surface area is 179 Å². The van der Waals surface area contributed by atoms with Crippen molar-refractivity contribution in [2.24, 2.45) is 5.10 Å². The fourth-order valence-corrected chi connectivity index (χ4v) is 3.46. The van der Waals surface area contributed by atoms with Gasteiger partial charge in [0.15, 0.2) is 5.75 Å². The van der Waals surface area contributed by atoms with Crippen LogP contribution < -0.4 is 20.0 Å². The van der Waals surface area contributed by atoms with Crippen LogP contribution in [0.3, 0.4) is 0 Å². The largest absolute Gasteiger partial charge is 0.490 e. The van der Waals surface area contributed by atoms with Gasteiger partial charge in [-0.1, -0.05) is 0 Å². The number of nitro benzene ring substituents is 1. The number of benzene rings is 1. The fourth-order valence-electron chi connectivity index (χ4n) is 3.46. The lowest BCUT2D eigenvalue weighted by Crippen LogP contribution is -2.38. The zero-order valence-electron chi connectivity index (χ0n) is 17.2. The number of nitrogens with one attached hydrogen (secondary N) is 1. The van der Waals surface area contributed by atoms with E-state index in [0.717, 1.165) is 25.9 Å². The van der Waals surface area contributed by atoms with Crippen LogP contribution in [0.4, 0.5) is 23.5 Å². The molecule has 31 heavy (non-hydrogen) atoms. The molecule has 0 atom stereocenters. The first kappa shape index (κ1) is 20.7. The summed E-state index contributed by atoms with van der Waals surface area (Å²) in [5.41, 5.74) is 3.25. The van der Waals surface area contributed by atoms with Gasteiger partial charge in [-0.2, -0.15) is 20.1 Å².